The number of halogens is 1. The third-order valence-corrected chi connectivity index (χ3v) is 5.03. The molecule has 1 heteroatoms. The summed E-state index contributed by atoms with van der Waals surface area (Å²) in [7, 11) is 0. The van der Waals surface area contributed by atoms with Gasteiger partial charge >= 0.3 is 0 Å². The summed E-state index contributed by atoms with van der Waals surface area (Å²) in [5.74, 6) is 0. The van der Waals surface area contributed by atoms with Gasteiger partial charge in [0.25, 0.3) is 0 Å². The van der Waals surface area contributed by atoms with Gasteiger partial charge in [-0.1, -0.05) is 77.4 Å². The maximum absolute atomic E-state index is 6.60. The highest BCUT2D eigenvalue weighted by Gasteiger charge is 2.26. The molecule has 0 atom stereocenters. The maximum atomic E-state index is 6.60. The van der Waals surface area contributed by atoms with Gasteiger partial charge in [0.05, 0.1) is 0 Å². The van der Waals surface area contributed by atoms with Crippen LogP contribution in [0.5, 0.6) is 0 Å². The van der Waals surface area contributed by atoms with Crippen molar-refractivity contribution in [2.24, 2.45) is 0 Å². The van der Waals surface area contributed by atoms with Crippen LogP contribution in [0.15, 0.2) is 30.3 Å². The molecule has 22 heavy (non-hydrogen) atoms. The van der Waals surface area contributed by atoms with Crippen LogP contribution in [0.3, 0.4) is 0 Å². The van der Waals surface area contributed by atoms with Crippen LogP contribution in [0.25, 0.3) is 11.1 Å². The lowest BCUT2D eigenvalue weighted by Gasteiger charge is -2.22. The van der Waals surface area contributed by atoms with E-state index in [9.17, 15) is 0 Å². The highest BCUT2D eigenvalue weighted by Crippen LogP contribution is 2.44. The van der Waals surface area contributed by atoms with Crippen molar-refractivity contribution in [3.63, 3.8) is 0 Å². The van der Waals surface area contributed by atoms with Crippen molar-refractivity contribution in [3.05, 3.63) is 57.6 Å². The summed E-state index contributed by atoms with van der Waals surface area (Å²) >= 11 is 6.60. The molecule has 3 rings (SSSR count). The van der Waals surface area contributed by atoms with Crippen LogP contribution in [0.2, 0.25) is 5.02 Å². The first-order valence-corrected chi connectivity index (χ1v) is 8.42. The number of hydrogen-bond donors (Lipinski definition) is 0. The first-order chi connectivity index (χ1) is 10.1. The lowest BCUT2D eigenvalue weighted by Crippen LogP contribution is -2.12. The second-order valence-electron chi connectivity index (χ2n) is 8.53. The Morgan fingerprint density at radius 3 is 1.95 bits per heavy atom. The molecule has 0 bridgehead atoms. The van der Waals surface area contributed by atoms with E-state index in [1.165, 1.54) is 33.4 Å². The standard InChI is InChI=1S/C21H25Cl/c1-20(2,3)14-8-7-13-9-18-17(16(13)10-14)11-15(12-19(18)22)21(4,5)6/h7-8,10-12H,9H2,1-6H3. The summed E-state index contributed by atoms with van der Waals surface area (Å²) in [5.41, 5.74) is 8.37. The fraction of sp³-hybridized carbons (Fsp3) is 0.429. The van der Waals surface area contributed by atoms with Crippen LogP contribution in [0, 0.1) is 0 Å². The van der Waals surface area contributed by atoms with Gasteiger partial charge in [-0.05, 0) is 50.3 Å². The first-order valence-electron chi connectivity index (χ1n) is 8.04. The molecule has 0 radical (unpaired) electrons. The molecule has 0 spiro atoms. The Balaban J connectivity index is 2.21. The number of rotatable bonds is 0. The van der Waals surface area contributed by atoms with E-state index >= 15 is 0 Å². The van der Waals surface area contributed by atoms with Gasteiger partial charge in [0, 0.05) is 11.4 Å². The third kappa shape index (κ3) is 2.58. The van der Waals surface area contributed by atoms with E-state index in [1.807, 2.05) is 0 Å². The van der Waals surface area contributed by atoms with Crippen LogP contribution >= 0.6 is 11.6 Å². The average Bonchev–Trinajstić information content (AvgIpc) is 2.75. The Morgan fingerprint density at radius 2 is 1.36 bits per heavy atom. The third-order valence-electron chi connectivity index (χ3n) is 4.69. The minimum Gasteiger partial charge on any atom is -0.0840 e. The molecule has 0 saturated heterocycles. The van der Waals surface area contributed by atoms with Gasteiger partial charge in [0.1, 0.15) is 0 Å². The highest BCUT2D eigenvalue weighted by atomic mass is 35.5. The van der Waals surface area contributed by atoms with Gasteiger partial charge in [-0.2, -0.15) is 0 Å². The van der Waals surface area contributed by atoms with Crippen molar-refractivity contribution in [2.75, 3.05) is 0 Å². The van der Waals surface area contributed by atoms with Crippen molar-refractivity contribution in [2.45, 2.75) is 58.8 Å². The summed E-state index contributed by atoms with van der Waals surface area (Å²) in [6, 6.07) is 11.4. The lowest BCUT2D eigenvalue weighted by molar-refractivity contribution is 0.589. The average molecular weight is 313 g/mol. The Labute approximate surface area is 139 Å². The first kappa shape index (κ1) is 15.6. The number of benzene rings is 2. The van der Waals surface area contributed by atoms with Crippen molar-refractivity contribution in [1.29, 1.82) is 0 Å². The van der Waals surface area contributed by atoms with Gasteiger partial charge in [-0.25, -0.2) is 0 Å². The zero-order valence-corrected chi connectivity index (χ0v) is 15.2. The minimum atomic E-state index is 0.114. The van der Waals surface area contributed by atoms with Gasteiger partial charge in [0.15, 0.2) is 0 Å². The molecular formula is C21H25Cl. The second kappa shape index (κ2) is 4.86. The predicted octanol–water partition coefficient (Wildman–Crippen LogP) is 6.51. The molecule has 0 N–H and O–H groups in total. The number of hydrogen-bond acceptors (Lipinski definition) is 0. The van der Waals surface area contributed by atoms with Crippen LogP contribution in [-0.2, 0) is 17.3 Å². The van der Waals surface area contributed by atoms with E-state index in [0.717, 1.165) is 11.4 Å². The monoisotopic (exact) mass is 312 g/mol. The normalized spacial score (nSPS) is 14.0. The van der Waals surface area contributed by atoms with Crippen molar-refractivity contribution in [3.8, 4) is 11.1 Å². The van der Waals surface area contributed by atoms with Gasteiger partial charge in [-0.3, -0.25) is 0 Å². The molecule has 116 valence electrons. The van der Waals surface area contributed by atoms with Crippen molar-refractivity contribution in [1.82, 2.24) is 0 Å². The SMILES string of the molecule is CC(C)(C)c1ccc2c(c1)-c1cc(C(C)(C)C)cc(Cl)c1C2. The van der Waals surface area contributed by atoms with Gasteiger partial charge < -0.3 is 0 Å². The molecule has 0 saturated carbocycles. The quantitative estimate of drug-likeness (QED) is 0.444. The molecule has 0 aromatic heterocycles. The van der Waals surface area contributed by atoms with E-state index in [2.05, 4.69) is 71.9 Å². The summed E-state index contributed by atoms with van der Waals surface area (Å²) in [6.45, 7) is 13.5. The zero-order valence-electron chi connectivity index (χ0n) is 14.5. The molecule has 0 heterocycles. The van der Waals surface area contributed by atoms with Crippen LogP contribution in [-0.4, -0.2) is 0 Å². The van der Waals surface area contributed by atoms with Crippen molar-refractivity contribution >= 4 is 11.6 Å². The Bertz CT molecular complexity index is 740. The summed E-state index contributed by atoms with van der Waals surface area (Å²) in [6.07, 6.45) is 0.957. The Kier molecular flexibility index (Phi) is 3.45. The van der Waals surface area contributed by atoms with Crippen LogP contribution in [0.1, 0.15) is 63.8 Å². The molecular weight excluding hydrogens is 288 g/mol. The minimum absolute atomic E-state index is 0.114. The molecule has 2 aromatic carbocycles. The van der Waals surface area contributed by atoms with E-state index in [1.54, 1.807) is 0 Å². The lowest BCUT2D eigenvalue weighted by atomic mass is 9.83. The molecule has 0 amide bonds. The van der Waals surface area contributed by atoms with Crippen LogP contribution < -0.4 is 0 Å². The summed E-state index contributed by atoms with van der Waals surface area (Å²) in [4.78, 5) is 0. The molecule has 1 aliphatic rings. The topological polar surface area (TPSA) is 0 Å². The molecule has 0 unspecified atom stereocenters. The fourth-order valence-electron chi connectivity index (χ4n) is 3.13. The van der Waals surface area contributed by atoms with E-state index in [-0.39, 0.29) is 10.8 Å². The largest absolute Gasteiger partial charge is 0.0840 e. The van der Waals surface area contributed by atoms with E-state index in [4.69, 9.17) is 11.6 Å². The number of fused-ring (bicyclic) bond motifs is 3. The van der Waals surface area contributed by atoms with Crippen LogP contribution in [0.4, 0.5) is 0 Å². The summed E-state index contributed by atoms with van der Waals surface area (Å²) in [5, 5.41) is 0.913. The second-order valence-corrected chi connectivity index (χ2v) is 8.94. The molecule has 0 fully saturated rings. The summed E-state index contributed by atoms with van der Waals surface area (Å²) < 4.78 is 0. The van der Waals surface area contributed by atoms with E-state index < -0.39 is 0 Å². The smallest absolute Gasteiger partial charge is 0.0450 e. The van der Waals surface area contributed by atoms with Gasteiger partial charge in [-0.15, -0.1) is 0 Å². The Hall–Kier alpha value is -1.27. The molecule has 1 aliphatic carbocycles. The Morgan fingerprint density at radius 1 is 0.773 bits per heavy atom. The highest BCUT2D eigenvalue weighted by molar-refractivity contribution is 6.32. The molecule has 0 aliphatic heterocycles. The fourth-order valence-corrected chi connectivity index (χ4v) is 3.41. The maximum Gasteiger partial charge on any atom is 0.0450 e. The predicted molar refractivity (Wildman–Crippen MR) is 97.1 cm³/mol. The zero-order chi connectivity index (χ0) is 16.3. The molecule has 2 aromatic rings. The van der Waals surface area contributed by atoms with E-state index in [0.29, 0.717) is 0 Å². The van der Waals surface area contributed by atoms with Crippen molar-refractivity contribution < 1.29 is 0 Å². The van der Waals surface area contributed by atoms with Gasteiger partial charge in [0.2, 0.25) is 0 Å². The molecule has 0 nitrogen and oxygen atoms in total.